The fourth-order valence-electron chi connectivity index (χ4n) is 1.50. The molecule has 1 heterocycles. The lowest BCUT2D eigenvalue weighted by atomic mass is 10.2. The van der Waals surface area contributed by atoms with Crippen LogP contribution in [0.4, 0.5) is 5.69 Å². The number of aromatic nitrogens is 1. The van der Waals surface area contributed by atoms with Crippen molar-refractivity contribution in [3.63, 3.8) is 0 Å². The van der Waals surface area contributed by atoms with Gasteiger partial charge in [-0.1, -0.05) is 27.5 Å². The number of carbonyl (C=O) groups excluding carboxylic acids is 1. The maximum atomic E-state index is 12.1. The molecule has 0 aliphatic carbocycles. The van der Waals surface area contributed by atoms with E-state index in [2.05, 4.69) is 26.2 Å². The molecular formula is C13H8BrClN2O3. The van der Waals surface area contributed by atoms with Crippen molar-refractivity contribution in [2.24, 2.45) is 0 Å². The third-order valence-electron chi connectivity index (χ3n) is 2.42. The van der Waals surface area contributed by atoms with Gasteiger partial charge in [0, 0.05) is 10.7 Å². The van der Waals surface area contributed by atoms with E-state index in [1.807, 2.05) is 0 Å². The Morgan fingerprint density at radius 3 is 2.70 bits per heavy atom. The third kappa shape index (κ3) is 3.34. The molecule has 0 saturated heterocycles. The number of carbonyl (C=O) groups is 2. The number of carboxylic acids is 1. The minimum absolute atomic E-state index is 0.0110. The number of nitrogens with zero attached hydrogens (tertiary/aromatic N) is 1. The van der Waals surface area contributed by atoms with Gasteiger partial charge in [0.25, 0.3) is 5.91 Å². The molecule has 0 saturated carbocycles. The van der Waals surface area contributed by atoms with Crippen molar-refractivity contribution in [2.75, 3.05) is 5.32 Å². The van der Waals surface area contributed by atoms with Gasteiger partial charge in [-0.25, -0.2) is 4.79 Å². The predicted octanol–water partition coefficient (Wildman–Crippen LogP) is 3.45. The van der Waals surface area contributed by atoms with E-state index in [0.29, 0.717) is 9.50 Å². The van der Waals surface area contributed by atoms with Gasteiger partial charge < -0.3 is 10.4 Å². The van der Waals surface area contributed by atoms with E-state index in [-0.39, 0.29) is 16.8 Å². The minimum Gasteiger partial charge on any atom is -0.478 e. The van der Waals surface area contributed by atoms with Gasteiger partial charge in [0.05, 0.1) is 28.0 Å². The van der Waals surface area contributed by atoms with Crippen LogP contribution in [-0.4, -0.2) is 22.0 Å². The van der Waals surface area contributed by atoms with Crippen LogP contribution in [0.15, 0.2) is 41.1 Å². The molecule has 0 bridgehead atoms. The number of hydrogen-bond acceptors (Lipinski definition) is 3. The average molecular weight is 356 g/mol. The predicted molar refractivity (Wildman–Crippen MR) is 78.3 cm³/mol. The number of pyridine rings is 1. The molecule has 0 unspecified atom stereocenters. The molecule has 0 aliphatic rings. The molecule has 0 radical (unpaired) electrons. The molecular weight excluding hydrogens is 348 g/mol. The van der Waals surface area contributed by atoms with Crippen LogP contribution in [0.1, 0.15) is 20.7 Å². The van der Waals surface area contributed by atoms with Crippen LogP contribution in [-0.2, 0) is 0 Å². The molecule has 5 nitrogen and oxygen atoms in total. The van der Waals surface area contributed by atoms with E-state index in [4.69, 9.17) is 16.7 Å². The first-order valence-electron chi connectivity index (χ1n) is 5.42. The van der Waals surface area contributed by atoms with Crippen LogP contribution in [0.5, 0.6) is 0 Å². The third-order valence-corrected chi connectivity index (χ3v) is 3.24. The van der Waals surface area contributed by atoms with E-state index >= 15 is 0 Å². The highest BCUT2D eigenvalue weighted by Gasteiger charge is 2.12. The Balaban J connectivity index is 2.25. The van der Waals surface area contributed by atoms with Crippen molar-refractivity contribution in [1.82, 2.24) is 4.98 Å². The molecule has 1 amide bonds. The summed E-state index contributed by atoms with van der Waals surface area (Å²) in [4.78, 5) is 26.7. The van der Waals surface area contributed by atoms with Gasteiger partial charge in [0.1, 0.15) is 0 Å². The highest BCUT2D eigenvalue weighted by atomic mass is 79.9. The molecule has 7 heteroatoms. The molecule has 2 rings (SSSR count). The van der Waals surface area contributed by atoms with Crippen LogP contribution in [0.3, 0.4) is 0 Å². The molecule has 1 aromatic heterocycles. The minimum atomic E-state index is -1.12. The summed E-state index contributed by atoms with van der Waals surface area (Å²) < 4.78 is 0.712. The zero-order chi connectivity index (χ0) is 14.7. The smallest absolute Gasteiger partial charge is 0.337 e. The summed E-state index contributed by atoms with van der Waals surface area (Å²) in [5.74, 6) is -1.56. The van der Waals surface area contributed by atoms with Crippen LogP contribution >= 0.6 is 27.5 Å². The summed E-state index contributed by atoms with van der Waals surface area (Å²) in [5, 5.41) is 11.7. The molecule has 0 fully saturated rings. The average Bonchev–Trinajstić information content (AvgIpc) is 2.41. The van der Waals surface area contributed by atoms with Crippen molar-refractivity contribution < 1.29 is 14.7 Å². The number of hydrogen-bond donors (Lipinski definition) is 2. The molecule has 102 valence electrons. The van der Waals surface area contributed by atoms with Gasteiger partial charge in [-0.15, -0.1) is 0 Å². The summed E-state index contributed by atoms with van der Waals surface area (Å²) in [7, 11) is 0. The largest absolute Gasteiger partial charge is 0.478 e. The van der Waals surface area contributed by atoms with Crippen molar-refractivity contribution in [2.45, 2.75) is 0 Å². The number of anilines is 1. The van der Waals surface area contributed by atoms with E-state index in [1.54, 1.807) is 18.2 Å². The second-order valence-electron chi connectivity index (χ2n) is 3.85. The first kappa shape index (κ1) is 14.5. The number of amides is 1. The number of rotatable bonds is 3. The Kier molecular flexibility index (Phi) is 4.36. The molecule has 2 aromatic rings. The summed E-state index contributed by atoms with van der Waals surface area (Å²) in [6.07, 6.45) is 2.56. The van der Waals surface area contributed by atoms with Crippen LogP contribution < -0.4 is 5.32 Å². The van der Waals surface area contributed by atoms with Gasteiger partial charge in [0.15, 0.2) is 0 Å². The number of benzene rings is 1. The molecule has 0 spiro atoms. The molecule has 20 heavy (non-hydrogen) atoms. The molecule has 0 atom stereocenters. The van der Waals surface area contributed by atoms with Gasteiger partial charge in [-0.2, -0.15) is 0 Å². The van der Waals surface area contributed by atoms with Crippen LogP contribution in [0, 0.1) is 0 Å². The maximum Gasteiger partial charge on any atom is 0.337 e. The maximum absolute atomic E-state index is 12.1. The number of halogens is 2. The second kappa shape index (κ2) is 6.02. The normalized spacial score (nSPS) is 10.1. The van der Waals surface area contributed by atoms with E-state index in [1.165, 1.54) is 18.5 Å². The van der Waals surface area contributed by atoms with Gasteiger partial charge in [-0.3, -0.25) is 9.78 Å². The van der Waals surface area contributed by atoms with E-state index in [9.17, 15) is 9.59 Å². The first-order chi connectivity index (χ1) is 9.47. The number of aromatic carboxylic acids is 1. The lowest BCUT2D eigenvalue weighted by Crippen LogP contribution is -2.13. The Bertz CT molecular complexity index is 691. The molecule has 1 aromatic carbocycles. The van der Waals surface area contributed by atoms with Gasteiger partial charge >= 0.3 is 5.97 Å². The first-order valence-corrected chi connectivity index (χ1v) is 6.59. The Morgan fingerprint density at radius 2 is 2.00 bits per heavy atom. The monoisotopic (exact) mass is 354 g/mol. The van der Waals surface area contributed by atoms with Crippen LogP contribution in [0.25, 0.3) is 0 Å². The summed E-state index contributed by atoms with van der Waals surface area (Å²) in [5.41, 5.74) is 0.552. The van der Waals surface area contributed by atoms with Crippen molar-refractivity contribution in [3.8, 4) is 0 Å². The van der Waals surface area contributed by atoms with Crippen LogP contribution in [0.2, 0.25) is 5.02 Å². The van der Waals surface area contributed by atoms with E-state index < -0.39 is 11.9 Å². The fraction of sp³-hybridized carbons (Fsp3) is 0. The Morgan fingerprint density at radius 1 is 1.25 bits per heavy atom. The standard InChI is InChI=1S/C13H8BrClN2O3/c14-8-1-2-11(15)10(4-8)12(18)17-9-3-7(13(19)20)5-16-6-9/h1-6H,(H,17,18)(H,19,20). The molecule has 0 aliphatic heterocycles. The quantitative estimate of drug-likeness (QED) is 0.884. The second-order valence-corrected chi connectivity index (χ2v) is 5.17. The van der Waals surface area contributed by atoms with Gasteiger partial charge in [-0.05, 0) is 24.3 Å². The molecule has 2 N–H and O–H groups in total. The lowest BCUT2D eigenvalue weighted by molar-refractivity contribution is 0.0696. The van der Waals surface area contributed by atoms with E-state index in [0.717, 1.165) is 0 Å². The van der Waals surface area contributed by atoms with Crippen molar-refractivity contribution in [3.05, 3.63) is 57.3 Å². The van der Waals surface area contributed by atoms with Crippen molar-refractivity contribution in [1.29, 1.82) is 0 Å². The SMILES string of the molecule is O=C(O)c1cncc(NC(=O)c2cc(Br)ccc2Cl)c1. The number of carboxylic acid groups (broad SMARTS) is 1. The zero-order valence-corrected chi connectivity index (χ0v) is 12.3. The summed E-state index contributed by atoms with van der Waals surface area (Å²) in [6.45, 7) is 0. The number of nitrogens with one attached hydrogen (secondary N) is 1. The lowest BCUT2D eigenvalue weighted by Gasteiger charge is -2.07. The Labute approximate surface area is 127 Å². The summed E-state index contributed by atoms with van der Waals surface area (Å²) in [6, 6.07) is 6.20. The zero-order valence-electron chi connectivity index (χ0n) is 9.93. The highest BCUT2D eigenvalue weighted by molar-refractivity contribution is 9.10. The highest BCUT2D eigenvalue weighted by Crippen LogP contribution is 2.22. The fourth-order valence-corrected chi connectivity index (χ4v) is 2.06. The summed E-state index contributed by atoms with van der Waals surface area (Å²) >= 11 is 9.20. The topological polar surface area (TPSA) is 79.3 Å². The van der Waals surface area contributed by atoms with Gasteiger partial charge in [0.2, 0.25) is 0 Å². The van der Waals surface area contributed by atoms with Crippen molar-refractivity contribution >= 4 is 45.1 Å². The Hall–Kier alpha value is -1.92.